The number of piperidine rings is 1. The van der Waals surface area contributed by atoms with Crippen LogP contribution in [0.4, 0.5) is 0 Å². The first kappa shape index (κ1) is 21.4. The first-order valence-electron chi connectivity index (χ1n) is 9.27. The fourth-order valence-electron chi connectivity index (χ4n) is 3.03. The van der Waals surface area contributed by atoms with Crippen LogP contribution in [0.1, 0.15) is 67.2 Å². The summed E-state index contributed by atoms with van der Waals surface area (Å²) in [5.41, 5.74) is 0.0257. The van der Waals surface area contributed by atoms with E-state index in [4.69, 9.17) is 4.74 Å². The van der Waals surface area contributed by atoms with E-state index in [0.717, 1.165) is 45.6 Å². The van der Waals surface area contributed by atoms with Gasteiger partial charge in [-0.15, -0.1) is 0 Å². The molecule has 0 aliphatic carbocycles. The van der Waals surface area contributed by atoms with Crippen molar-refractivity contribution >= 4 is 5.91 Å². The number of rotatable bonds is 3. The van der Waals surface area contributed by atoms with Crippen LogP contribution in [0, 0.1) is 0 Å². The number of hydrogen-bond acceptors (Lipinski definition) is 3. The van der Waals surface area contributed by atoms with Crippen LogP contribution >= 0.6 is 0 Å². The van der Waals surface area contributed by atoms with Crippen LogP contribution in [0.5, 0.6) is 0 Å². The molecule has 0 radical (unpaired) electrons. The van der Waals surface area contributed by atoms with Gasteiger partial charge in [0.15, 0.2) is 0 Å². The van der Waals surface area contributed by atoms with Gasteiger partial charge in [-0.2, -0.15) is 0 Å². The average Bonchev–Trinajstić information content (AvgIpc) is 2.57. The number of hydrogen-bond donors (Lipinski definition) is 0. The molecule has 1 amide bonds. The van der Waals surface area contributed by atoms with E-state index in [-0.39, 0.29) is 11.5 Å². The second kappa shape index (κ2) is 11.9. The summed E-state index contributed by atoms with van der Waals surface area (Å²) >= 11 is 0. The van der Waals surface area contributed by atoms with Gasteiger partial charge in [0.2, 0.25) is 5.91 Å². The lowest BCUT2D eigenvalue weighted by Gasteiger charge is -2.47. The first-order chi connectivity index (χ1) is 10.7. The van der Waals surface area contributed by atoms with Crippen molar-refractivity contribution in [3.63, 3.8) is 0 Å². The van der Waals surface area contributed by atoms with Gasteiger partial charge < -0.3 is 9.64 Å². The molecule has 2 rings (SSSR count). The summed E-state index contributed by atoms with van der Waals surface area (Å²) in [5, 5.41) is 0. The van der Waals surface area contributed by atoms with Crippen LogP contribution in [0.15, 0.2) is 0 Å². The fraction of sp³-hybridized carbons (Fsp3) is 0.944. The van der Waals surface area contributed by atoms with Crippen LogP contribution in [0.25, 0.3) is 0 Å². The quantitative estimate of drug-likeness (QED) is 0.798. The van der Waals surface area contributed by atoms with E-state index in [1.807, 2.05) is 32.6 Å². The highest BCUT2D eigenvalue weighted by Crippen LogP contribution is 2.30. The molecule has 132 valence electrons. The number of likely N-dealkylation sites (tertiary alicyclic amines) is 1. The normalized spacial score (nSPS) is 20.5. The van der Waals surface area contributed by atoms with Gasteiger partial charge in [0, 0.05) is 33.1 Å². The van der Waals surface area contributed by atoms with Gasteiger partial charge in [-0.3, -0.25) is 9.69 Å². The predicted molar refractivity (Wildman–Crippen MR) is 94.2 cm³/mol. The molecule has 0 aromatic carbocycles. The Morgan fingerprint density at radius 2 is 1.68 bits per heavy atom. The van der Waals surface area contributed by atoms with Gasteiger partial charge in [-0.25, -0.2) is 0 Å². The highest BCUT2D eigenvalue weighted by molar-refractivity contribution is 5.73. The number of unbranched alkanes of at least 4 members (excludes halogenated alkanes) is 1. The van der Waals surface area contributed by atoms with Crippen LogP contribution in [-0.2, 0) is 9.53 Å². The molecule has 4 nitrogen and oxygen atoms in total. The van der Waals surface area contributed by atoms with Crippen molar-refractivity contribution in [2.45, 2.75) is 72.8 Å². The summed E-state index contributed by atoms with van der Waals surface area (Å²) in [6.07, 6.45) is 4.52. The van der Waals surface area contributed by atoms with Crippen molar-refractivity contribution in [1.29, 1.82) is 0 Å². The molecule has 2 fully saturated rings. The molecule has 0 saturated carbocycles. The van der Waals surface area contributed by atoms with E-state index in [9.17, 15) is 4.79 Å². The Morgan fingerprint density at radius 3 is 2.18 bits per heavy atom. The molecule has 22 heavy (non-hydrogen) atoms. The van der Waals surface area contributed by atoms with Crippen molar-refractivity contribution in [1.82, 2.24) is 9.80 Å². The summed E-state index contributed by atoms with van der Waals surface area (Å²) in [6, 6.07) is 0. The molecule has 0 N–H and O–H groups in total. The molecule has 0 unspecified atom stereocenters. The summed E-state index contributed by atoms with van der Waals surface area (Å²) in [5.74, 6) is 0.198. The van der Waals surface area contributed by atoms with Crippen molar-refractivity contribution in [3.05, 3.63) is 0 Å². The highest BCUT2D eigenvalue weighted by atomic mass is 16.5. The van der Waals surface area contributed by atoms with Crippen LogP contribution in [0.3, 0.4) is 0 Å². The Labute approximate surface area is 138 Å². The monoisotopic (exact) mass is 314 g/mol. The van der Waals surface area contributed by atoms with Gasteiger partial charge >= 0.3 is 0 Å². The Balaban J connectivity index is 0.00000102. The Kier molecular flexibility index (Phi) is 11.6. The molecule has 2 heterocycles. The smallest absolute Gasteiger partial charge is 0.219 e. The van der Waals surface area contributed by atoms with Gasteiger partial charge in [-0.05, 0) is 25.8 Å². The number of carbonyl (C=O) groups is 1. The number of carbonyl (C=O) groups excluding carboxylic acids is 1. The third kappa shape index (κ3) is 6.66. The zero-order valence-electron chi connectivity index (χ0n) is 15.8. The third-order valence-corrected chi connectivity index (χ3v) is 4.28. The standard InChI is InChI=1S/C14H26N2O2.2C2H6/c1-3-4-7-15-10-11-18-14(12-15)5-8-16(9-6-14)13(2)17;2*1-2/h3-12H2,1-2H3;2*1-2H3. The Morgan fingerprint density at radius 1 is 1.09 bits per heavy atom. The molecule has 0 aromatic rings. The third-order valence-electron chi connectivity index (χ3n) is 4.28. The molecule has 2 aliphatic heterocycles. The molecular formula is C18H38N2O2. The molecule has 0 atom stereocenters. The number of ether oxygens (including phenoxy) is 1. The van der Waals surface area contributed by atoms with Crippen LogP contribution in [-0.4, -0.2) is 60.6 Å². The Hall–Kier alpha value is -0.610. The summed E-state index contributed by atoms with van der Waals surface area (Å²) in [7, 11) is 0. The fourth-order valence-corrected chi connectivity index (χ4v) is 3.03. The van der Waals surface area contributed by atoms with Gasteiger partial charge in [0.1, 0.15) is 0 Å². The second-order valence-electron chi connectivity index (χ2n) is 5.67. The zero-order chi connectivity index (χ0) is 17.0. The number of amides is 1. The van der Waals surface area contributed by atoms with Crippen LogP contribution in [0.2, 0.25) is 0 Å². The van der Waals surface area contributed by atoms with E-state index in [1.165, 1.54) is 19.4 Å². The molecule has 1 spiro atoms. The zero-order valence-corrected chi connectivity index (χ0v) is 15.8. The molecule has 0 bridgehead atoms. The maximum Gasteiger partial charge on any atom is 0.219 e. The Bertz CT molecular complexity index is 287. The first-order valence-corrected chi connectivity index (χ1v) is 9.27. The summed E-state index contributed by atoms with van der Waals surface area (Å²) < 4.78 is 6.07. The van der Waals surface area contributed by atoms with E-state index < -0.39 is 0 Å². The van der Waals surface area contributed by atoms with Crippen LogP contribution < -0.4 is 0 Å². The molecular weight excluding hydrogens is 276 g/mol. The summed E-state index contributed by atoms with van der Waals surface area (Å²) in [6.45, 7) is 17.8. The lowest BCUT2D eigenvalue weighted by atomic mass is 9.89. The van der Waals surface area contributed by atoms with E-state index in [0.29, 0.717) is 0 Å². The molecule has 2 saturated heterocycles. The number of morpholine rings is 1. The maximum absolute atomic E-state index is 11.4. The topological polar surface area (TPSA) is 32.8 Å². The summed E-state index contributed by atoms with van der Waals surface area (Å²) in [4.78, 5) is 15.8. The van der Waals surface area contributed by atoms with Gasteiger partial charge in [0.05, 0.1) is 12.2 Å². The van der Waals surface area contributed by atoms with Crippen molar-refractivity contribution in [2.75, 3.05) is 39.3 Å². The van der Waals surface area contributed by atoms with Crippen molar-refractivity contribution < 1.29 is 9.53 Å². The minimum absolute atomic E-state index is 0.0257. The van der Waals surface area contributed by atoms with E-state index >= 15 is 0 Å². The van der Waals surface area contributed by atoms with E-state index in [2.05, 4.69) is 11.8 Å². The minimum atomic E-state index is 0.0257. The lowest BCUT2D eigenvalue weighted by molar-refractivity contribution is -0.149. The van der Waals surface area contributed by atoms with Crippen molar-refractivity contribution in [2.24, 2.45) is 0 Å². The lowest BCUT2D eigenvalue weighted by Crippen LogP contribution is -2.57. The minimum Gasteiger partial charge on any atom is -0.372 e. The predicted octanol–water partition coefficient (Wildman–Crippen LogP) is 3.55. The van der Waals surface area contributed by atoms with E-state index in [1.54, 1.807) is 6.92 Å². The van der Waals surface area contributed by atoms with Crippen molar-refractivity contribution in [3.8, 4) is 0 Å². The number of nitrogens with zero attached hydrogens (tertiary/aromatic N) is 2. The largest absolute Gasteiger partial charge is 0.372 e. The average molecular weight is 315 g/mol. The second-order valence-corrected chi connectivity index (χ2v) is 5.67. The maximum atomic E-state index is 11.4. The molecule has 0 aromatic heterocycles. The highest BCUT2D eigenvalue weighted by Gasteiger charge is 2.39. The molecule has 2 aliphatic rings. The SMILES string of the molecule is CC.CC.CCCCN1CCOC2(CCN(C(C)=O)CC2)C1. The molecule has 4 heteroatoms. The van der Waals surface area contributed by atoms with Gasteiger partial charge in [0.25, 0.3) is 0 Å². The van der Waals surface area contributed by atoms with Gasteiger partial charge in [-0.1, -0.05) is 41.0 Å².